The van der Waals surface area contributed by atoms with Crippen molar-refractivity contribution in [2.24, 2.45) is 5.92 Å². The van der Waals surface area contributed by atoms with Crippen LogP contribution in [0.4, 0.5) is 5.69 Å². The normalized spacial score (nSPS) is 13.7. The van der Waals surface area contributed by atoms with Gasteiger partial charge in [-0.1, -0.05) is 31.3 Å². The number of nitrogens with zero attached hydrogens (tertiary/aromatic N) is 1. The molecule has 0 aromatic heterocycles. The third kappa shape index (κ3) is 7.31. The van der Waals surface area contributed by atoms with E-state index >= 15 is 0 Å². The quantitative estimate of drug-likeness (QED) is 0.162. The molecule has 0 fully saturated rings. The van der Waals surface area contributed by atoms with Gasteiger partial charge in [0.25, 0.3) is 5.69 Å². The molecule has 0 heterocycles. The molecule has 1 atom stereocenters. The summed E-state index contributed by atoms with van der Waals surface area (Å²) in [5.41, 5.74) is -0.224. The summed E-state index contributed by atoms with van der Waals surface area (Å²) in [4.78, 5) is 10.4. The zero-order valence-electron chi connectivity index (χ0n) is 16.6. The Balaban J connectivity index is 2.19. The van der Waals surface area contributed by atoms with Crippen LogP contribution in [-0.4, -0.2) is 25.7 Å². The maximum atomic E-state index is 13.1. The van der Waals surface area contributed by atoms with E-state index in [-0.39, 0.29) is 16.3 Å². The van der Waals surface area contributed by atoms with Crippen LogP contribution in [0.15, 0.2) is 58.3 Å². The van der Waals surface area contributed by atoms with Crippen molar-refractivity contribution in [3.63, 3.8) is 0 Å². The van der Waals surface area contributed by atoms with Gasteiger partial charge in [0, 0.05) is 22.8 Å². The molecule has 0 amide bonds. The Kier molecular flexibility index (Phi) is 8.81. The molecule has 30 heavy (non-hydrogen) atoms. The molecule has 0 aliphatic carbocycles. The summed E-state index contributed by atoms with van der Waals surface area (Å²) in [5.74, 6) is -2.04. The second-order valence-corrected chi connectivity index (χ2v) is 15.3. The summed E-state index contributed by atoms with van der Waals surface area (Å²) in [6.07, 6.45) is 0. The van der Waals surface area contributed by atoms with E-state index < -0.39 is 20.8 Å². The van der Waals surface area contributed by atoms with E-state index in [9.17, 15) is 23.1 Å². The second kappa shape index (κ2) is 10.7. The molecule has 12 heteroatoms. The van der Waals surface area contributed by atoms with E-state index in [4.69, 9.17) is 8.71 Å². The van der Waals surface area contributed by atoms with Gasteiger partial charge in [-0.2, -0.15) is 8.42 Å². The van der Waals surface area contributed by atoms with Crippen molar-refractivity contribution in [2.75, 3.05) is 12.4 Å². The molecule has 0 N–H and O–H groups in total. The predicted octanol–water partition coefficient (Wildman–Crippen LogP) is 5.99. The molecular formula is C18H22NO7PS3. The van der Waals surface area contributed by atoms with Gasteiger partial charge in [0.1, 0.15) is 10.6 Å². The van der Waals surface area contributed by atoms with E-state index in [2.05, 4.69) is 0 Å². The van der Waals surface area contributed by atoms with Gasteiger partial charge in [0.05, 0.1) is 11.5 Å². The SMILES string of the molecule is CCOP(=O)(SCC(C)C)Sc1cccc(OS(=O)(=O)c2ccc([N+](=O)[O-])cc2)c1. The average molecular weight is 492 g/mol. The average Bonchev–Trinajstić information content (AvgIpc) is 2.66. The van der Waals surface area contributed by atoms with Crippen molar-refractivity contribution >= 4 is 44.3 Å². The van der Waals surface area contributed by atoms with E-state index in [1.807, 2.05) is 13.8 Å². The molecule has 0 radical (unpaired) electrons. The lowest BCUT2D eigenvalue weighted by Gasteiger charge is -2.17. The first-order chi connectivity index (χ1) is 14.0. The van der Waals surface area contributed by atoms with Gasteiger partial charge >= 0.3 is 15.9 Å². The fraction of sp³-hybridized carbons (Fsp3) is 0.333. The minimum atomic E-state index is -4.19. The fourth-order valence-corrected chi connectivity index (χ4v) is 10.1. The number of benzene rings is 2. The Bertz CT molecular complexity index is 1030. The van der Waals surface area contributed by atoms with E-state index in [0.717, 1.165) is 35.6 Å². The molecule has 0 saturated carbocycles. The Hall–Kier alpha value is -1.52. The topological polar surface area (TPSA) is 113 Å². The lowest BCUT2D eigenvalue weighted by Crippen LogP contribution is -2.09. The van der Waals surface area contributed by atoms with Crippen molar-refractivity contribution in [3.8, 4) is 5.75 Å². The summed E-state index contributed by atoms with van der Waals surface area (Å²) in [7, 11) is -4.19. The number of rotatable bonds is 11. The van der Waals surface area contributed by atoms with Crippen molar-refractivity contribution in [3.05, 3.63) is 58.6 Å². The van der Waals surface area contributed by atoms with E-state index in [0.29, 0.717) is 23.2 Å². The first-order valence-electron chi connectivity index (χ1n) is 8.92. The molecule has 1 unspecified atom stereocenters. The number of hydrogen-bond acceptors (Lipinski definition) is 9. The minimum Gasteiger partial charge on any atom is -0.379 e. The highest BCUT2D eigenvalue weighted by Crippen LogP contribution is 2.72. The molecule has 0 spiro atoms. The van der Waals surface area contributed by atoms with Crippen LogP contribution in [0.5, 0.6) is 5.75 Å². The van der Waals surface area contributed by atoms with Gasteiger partial charge < -0.3 is 8.71 Å². The Labute approximate surface area is 184 Å². The summed E-state index contributed by atoms with van der Waals surface area (Å²) in [6, 6.07) is 10.6. The number of hydrogen-bond donors (Lipinski definition) is 0. The molecule has 0 saturated heterocycles. The molecule has 0 bridgehead atoms. The molecular weight excluding hydrogens is 469 g/mol. The van der Waals surface area contributed by atoms with Crippen molar-refractivity contribution in [1.29, 1.82) is 0 Å². The third-order valence-corrected chi connectivity index (χ3v) is 12.0. The highest BCUT2D eigenvalue weighted by molar-refractivity contribution is 8.89. The van der Waals surface area contributed by atoms with Crippen LogP contribution < -0.4 is 4.18 Å². The maximum absolute atomic E-state index is 13.1. The minimum absolute atomic E-state index is 0.0373. The predicted molar refractivity (Wildman–Crippen MR) is 120 cm³/mol. The third-order valence-electron chi connectivity index (χ3n) is 3.42. The van der Waals surface area contributed by atoms with Gasteiger partial charge in [0.15, 0.2) is 0 Å². The summed E-state index contributed by atoms with van der Waals surface area (Å²) in [5, 5.41) is 10.7. The van der Waals surface area contributed by atoms with Crippen molar-refractivity contribution in [2.45, 2.75) is 30.6 Å². The molecule has 2 rings (SSSR count). The Morgan fingerprint density at radius 2 is 1.83 bits per heavy atom. The van der Waals surface area contributed by atoms with E-state index in [1.54, 1.807) is 19.1 Å². The van der Waals surface area contributed by atoms with Crippen molar-refractivity contribution < 1.29 is 26.6 Å². The van der Waals surface area contributed by atoms with Crippen LogP contribution in [-0.2, 0) is 19.2 Å². The molecule has 0 aliphatic rings. The summed E-state index contributed by atoms with van der Waals surface area (Å²) >= 11 is 2.30. The van der Waals surface area contributed by atoms with Gasteiger partial charge in [-0.05, 0) is 54.6 Å². The highest BCUT2D eigenvalue weighted by Gasteiger charge is 2.26. The smallest absolute Gasteiger partial charge is 0.339 e. The van der Waals surface area contributed by atoms with Crippen LogP contribution in [0.3, 0.4) is 0 Å². The van der Waals surface area contributed by atoms with E-state index in [1.165, 1.54) is 23.5 Å². The highest BCUT2D eigenvalue weighted by atomic mass is 33.1. The van der Waals surface area contributed by atoms with Gasteiger partial charge in [0.2, 0.25) is 0 Å². The standard InChI is InChI=1S/C18H22NO7PS3/c1-4-25-27(22,28-13-14(2)3)29-17-7-5-6-16(12-17)26-30(23,24)18-10-8-15(9-11-18)19(20)21/h5-12,14H,4,13H2,1-3H3. The molecule has 2 aromatic carbocycles. The lowest BCUT2D eigenvalue weighted by atomic mass is 10.3. The molecule has 0 aliphatic heterocycles. The van der Waals surface area contributed by atoms with Crippen LogP contribution in [0, 0.1) is 16.0 Å². The van der Waals surface area contributed by atoms with Crippen LogP contribution >= 0.6 is 28.5 Å². The number of non-ortho nitro benzene ring substituents is 1. The van der Waals surface area contributed by atoms with Crippen LogP contribution in [0.1, 0.15) is 20.8 Å². The fourth-order valence-electron chi connectivity index (χ4n) is 2.11. The molecule has 164 valence electrons. The van der Waals surface area contributed by atoms with Gasteiger partial charge in [-0.15, -0.1) is 0 Å². The Morgan fingerprint density at radius 3 is 2.40 bits per heavy atom. The second-order valence-electron chi connectivity index (χ2n) is 6.41. The van der Waals surface area contributed by atoms with Gasteiger partial charge in [-0.3, -0.25) is 14.7 Å². The largest absolute Gasteiger partial charge is 0.379 e. The molecule has 8 nitrogen and oxygen atoms in total. The monoisotopic (exact) mass is 491 g/mol. The number of nitro groups is 1. The van der Waals surface area contributed by atoms with Crippen molar-refractivity contribution in [1.82, 2.24) is 0 Å². The van der Waals surface area contributed by atoms with Crippen LogP contribution in [0.25, 0.3) is 0 Å². The van der Waals surface area contributed by atoms with Gasteiger partial charge in [-0.25, -0.2) is 0 Å². The summed E-state index contributed by atoms with van der Waals surface area (Å²) in [6.45, 7) is 6.09. The van der Waals surface area contributed by atoms with Crippen LogP contribution in [0.2, 0.25) is 0 Å². The first kappa shape index (κ1) is 24.7. The first-order valence-corrected chi connectivity index (χ1v) is 15.0. The maximum Gasteiger partial charge on any atom is 0.339 e. The molecule has 2 aromatic rings. The lowest BCUT2D eigenvalue weighted by molar-refractivity contribution is -0.384. The number of nitro benzene ring substituents is 1. The zero-order valence-corrected chi connectivity index (χ0v) is 19.9. The zero-order chi connectivity index (χ0) is 22.4. The Morgan fingerprint density at radius 1 is 1.17 bits per heavy atom. The summed E-state index contributed by atoms with van der Waals surface area (Å²) < 4.78 is 48.7.